The maximum Gasteiger partial charge on any atom is 0.511 e. The van der Waals surface area contributed by atoms with Crippen molar-refractivity contribution in [3.63, 3.8) is 0 Å². The zero-order valence-corrected chi connectivity index (χ0v) is 18.1. The van der Waals surface area contributed by atoms with Gasteiger partial charge in [0.15, 0.2) is 5.96 Å². The lowest BCUT2D eigenvalue weighted by Crippen LogP contribution is -2.47. The number of piperidine rings is 1. The number of nitrogens with one attached hydrogen (secondary N) is 2. The fourth-order valence-electron chi connectivity index (χ4n) is 2.54. The standard InChI is InChI=1S/C14H21F3N4O2S2.HI/c1-18-13(20-9-12-4-7-24-10-12)19-8-11-2-5-21(6-3-11)25(22,23)14(15,16)17;/h4,7,10-11H,2-3,5-6,8-9H2,1H3,(H2,18,19,20);1H. The molecule has 1 aliphatic rings. The molecule has 0 saturated carbocycles. The van der Waals surface area contributed by atoms with Gasteiger partial charge in [-0.2, -0.15) is 28.8 Å². The van der Waals surface area contributed by atoms with E-state index in [2.05, 4.69) is 15.6 Å². The highest BCUT2D eigenvalue weighted by atomic mass is 127. The van der Waals surface area contributed by atoms with E-state index in [1.165, 1.54) is 0 Å². The molecule has 0 spiro atoms. The van der Waals surface area contributed by atoms with Crippen LogP contribution in [0.1, 0.15) is 18.4 Å². The summed E-state index contributed by atoms with van der Waals surface area (Å²) in [6.07, 6.45) is 0.758. The van der Waals surface area contributed by atoms with Crippen LogP contribution in [0.2, 0.25) is 0 Å². The van der Waals surface area contributed by atoms with Gasteiger partial charge in [-0.1, -0.05) is 0 Å². The van der Waals surface area contributed by atoms with Gasteiger partial charge in [-0.25, -0.2) is 8.42 Å². The Morgan fingerprint density at radius 1 is 1.35 bits per heavy atom. The summed E-state index contributed by atoms with van der Waals surface area (Å²) in [5.41, 5.74) is -4.09. The number of halogens is 4. The maximum absolute atomic E-state index is 12.6. The molecule has 150 valence electrons. The maximum atomic E-state index is 12.6. The molecule has 0 atom stereocenters. The predicted molar refractivity (Wildman–Crippen MR) is 107 cm³/mol. The Bertz CT molecular complexity index is 673. The Kier molecular flexibility index (Phi) is 9.09. The Hall–Kier alpha value is -0.600. The van der Waals surface area contributed by atoms with E-state index in [0.717, 1.165) is 5.56 Å². The molecule has 0 aliphatic carbocycles. The molecule has 1 aliphatic heterocycles. The Morgan fingerprint density at radius 2 is 2.00 bits per heavy atom. The van der Waals surface area contributed by atoms with Gasteiger partial charge in [0.1, 0.15) is 0 Å². The minimum Gasteiger partial charge on any atom is -0.356 e. The third kappa shape index (κ3) is 6.23. The van der Waals surface area contributed by atoms with Gasteiger partial charge in [0, 0.05) is 33.2 Å². The summed E-state index contributed by atoms with van der Waals surface area (Å²) in [6, 6.07) is 2.00. The predicted octanol–water partition coefficient (Wildman–Crippen LogP) is 2.59. The van der Waals surface area contributed by atoms with E-state index in [-0.39, 0.29) is 43.0 Å². The van der Waals surface area contributed by atoms with Crippen molar-refractivity contribution in [2.45, 2.75) is 24.9 Å². The Labute approximate surface area is 172 Å². The minimum atomic E-state index is -5.23. The van der Waals surface area contributed by atoms with Crippen molar-refractivity contribution < 1.29 is 21.6 Å². The molecule has 6 nitrogen and oxygen atoms in total. The minimum absolute atomic E-state index is 0. The average Bonchev–Trinajstić information content (AvgIpc) is 3.08. The van der Waals surface area contributed by atoms with E-state index in [1.54, 1.807) is 18.4 Å². The molecule has 1 fully saturated rings. The molecule has 0 unspecified atom stereocenters. The normalized spacial score (nSPS) is 17.6. The van der Waals surface area contributed by atoms with Crippen molar-refractivity contribution in [1.29, 1.82) is 0 Å². The highest BCUT2D eigenvalue weighted by Crippen LogP contribution is 2.30. The van der Waals surface area contributed by atoms with E-state index in [4.69, 9.17) is 0 Å². The lowest BCUT2D eigenvalue weighted by Gasteiger charge is -2.31. The highest BCUT2D eigenvalue weighted by Gasteiger charge is 2.50. The van der Waals surface area contributed by atoms with E-state index in [9.17, 15) is 21.6 Å². The van der Waals surface area contributed by atoms with Crippen LogP contribution in [0.5, 0.6) is 0 Å². The van der Waals surface area contributed by atoms with Gasteiger partial charge in [-0.15, -0.1) is 24.0 Å². The fraction of sp³-hybridized carbons (Fsp3) is 0.643. The number of hydrogen-bond donors (Lipinski definition) is 2. The SMILES string of the molecule is CN=C(NCc1ccsc1)NCC1CCN(S(=O)(=O)C(F)(F)F)CC1.I. The Balaban J connectivity index is 0.00000338. The van der Waals surface area contributed by atoms with Gasteiger partial charge in [0.25, 0.3) is 0 Å². The van der Waals surface area contributed by atoms with Crippen LogP contribution in [-0.4, -0.2) is 50.9 Å². The summed E-state index contributed by atoms with van der Waals surface area (Å²) < 4.78 is 60.9. The zero-order valence-electron chi connectivity index (χ0n) is 14.1. The zero-order chi connectivity index (χ0) is 18.5. The van der Waals surface area contributed by atoms with Gasteiger partial charge in [-0.05, 0) is 41.1 Å². The first kappa shape index (κ1) is 23.4. The van der Waals surface area contributed by atoms with Crippen molar-refractivity contribution in [3.8, 4) is 0 Å². The smallest absolute Gasteiger partial charge is 0.356 e. The number of alkyl halides is 3. The first-order valence-corrected chi connectivity index (χ1v) is 10.1. The molecule has 2 N–H and O–H groups in total. The highest BCUT2D eigenvalue weighted by molar-refractivity contribution is 14.0. The second-order valence-electron chi connectivity index (χ2n) is 5.73. The molecule has 1 saturated heterocycles. The second kappa shape index (κ2) is 10.1. The molecule has 0 aromatic carbocycles. The van der Waals surface area contributed by atoms with Crippen LogP contribution >= 0.6 is 35.3 Å². The molecule has 2 heterocycles. The average molecular weight is 526 g/mol. The summed E-state index contributed by atoms with van der Waals surface area (Å²) in [4.78, 5) is 4.10. The monoisotopic (exact) mass is 526 g/mol. The quantitative estimate of drug-likeness (QED) is 0.352. The summed E-state index contributed by atoms with van der Waals surface area (Å²) >= 11 is 1.60. The molecule has 12 heteroatoms. The molecular formula is C14H22F3IN4O2S2. The third-order valence-electron chi connectivity index (χ3n) is 4.03. The number of sulfonamides is 1. The van der Waals surface area contributed by atoms with Crippen molar-refractivity contribution in [2.75, 3.05) is 26.7 Å². The van der Waals surface area contributed by atoms with Gasteiger partial charge < -0.3 is 10.6 Å². The topological polar surface area (TPSA) is 73.8 Å². The third-order valence-corrected chi connectivity index (χ3v) is 6.39. The van der Waals surface area contributed by atoms with E-state index < -0.39 is 15.5 Å². The van der Waals surface area contributed by atoms with Crippen LogP contribution in [-0.2, 0) is 16.6 Å². The number of thiophene rings is 1. The van der Waals surface area contributed by atoms with Crippen LogP contribution in [0, 0.1) is 5.92 Å². The molecule has 1 aromatic rings. The second-order valence-corrected chi connectivity index (χ2v) is 8.44. The van der Waals surface area contributed by atoms with E-state index in [1.807, 2.05) is 16.8 Å². The summed E-state index contributed by atoms with van der Waals surface area (Å²) in [6.45, 7) is 0.929. The molecule has 26 heavy (non-hydrogen) atoms. The fourth-order valence-corrected chi connectivity index (χ4v) is 4.19. The van der Waals surface area contributed by atoms with Crippen LogP contribution in [0.3, 0.4) is 0 Å². The summed E-state index contributed by atoms with van der Waals surface area (Å²) in [5.74, 6) is 0.705. The van der Waals surface area contributed by atoms with Crippen LogP contribution < -0.4 is 10.6 Å². The van der Waals surface area contributed by atoms with E-state index >= 15 is 0 Å². The lowest BCUT2D eigenvalue weighted by atomic mass is 9.98. The van der Waals surface area contributed by atoms with Crippen LogP contribution in [0.25, 0.3) is 0 Å². The van der Waals surface area contributed by atoms with Gasteiger partial charge >= 0.3 is 15.5 Å². The first-order chi connectivity index (χ1) is 11.7. The van der Waals surface area contributed by atoms with Crippen molar-refractivity contribution in [3.05, 3.63) is 22.4 Å². The van der Waals surface area contributed by atoms with Gasteiger partial charge in [0.05, 0.1) is 0 Å². The molecule has 0 radical (unpaired) electrons. The molecule has 0 bridgehead atoms. The Morgan fingerprint density at radius 3 is 2.50 bits per heavy atom. The first-order valence-electron chi connectivity index (χ1n) is 7.76. The van der Waals surface area contributed by atoms with E-state index in [0.29, 0.717) is 36.2 Å². The van der Waals surface area contributed by atoms with Crippen molar-refractivity contribution >= 4 is 51.3 Å². The van der Waals surface area contributed by atoms with Crippen LogP contribution in [0.15, 0.2) is 21.8 Å². The molecule has 0 amide bonds. The summed E-state index contributed by atoms with van der Waals surface area (Å²) in [7, 11) is -3.57. The number of guanidine groups is 1. The number of nitrogens with zero attached hydrogens (tertiary/aromatic N) is 2. The molecule has 2 rings (SSSR count). The molecule has 1 aromatic heterocycles. The number of hydrogen-bond acceptors (Lipinski definition) is 4. The van der Waals surface area contributed by atoms with Gasteiger partial charge in [-0.3, -0.25) is 4.99 Å². The summed E-state index contributed by atoms with van der Waals surface area (Å²) in [5, 5.41) is 10.3. The van der Waals surface area contributed by atoms with Crippen molar-refractivity contribution in [1.82, 2.24) is 14.9 Å². The lowest BCUT2D eigenvalue weighted by molar-refractivity contribution is -0.0496. The largest absolute Gasteiger partial charge is 0.511 e. The van der Waals surface area contributed by atoms with Crippen LogP contribution in [0.4, 0.5) is 13.2 Å². The number of aliphatic imine (C=N–C) groups is 1. The van der Waals surface area contributed by atoms with Crippen molar-refractivity contribution in [2.24, 2.45) is 10.9 Å². The van der Waals surface area contributed by atoms with Gasteiger partial charge in [0.2, 0.25) is 0 Å². The molecular weight excluding hydrogens is 504 g/mol. The number of rotatable bonds is 5.